The van der Waals surface area contributed by atoms with Crippen LogP contribution >= 0.6 is 11.5 Å². The number of nitrogens with zero attached hydrogens (tertiary/aromatic N) is 2. The van der Waals surface area contributed by atoms with E-state index in [4.69, 9.17) is 5.11 Å². The van der Waals surface area contributed by atoms with Gasteiger partial charge in [-0.2, -0.15) is 4.37 Å². The topological polar surface area (TPSA) is 63.1 Å². The molecule has 0 radical (unpaired) electrons. The van der Waals surface area contributed by atoms with Crippen LogP contribution in [0.3, 0.4) is 0 Å². The van der Waals surface area contributed by atoms with E-state index in [0.29, 0.717) is 16.4 Å². The molecule has 0 aliphatic carbocycles. The van der Waals surface area contributed by atoms with Crippen LogP contribution in [0.4, 0.5) is 4.39 Å². The third kappa shape index (κ3) is 2.06. The van der Waals surface area contributed by atoms with Gasteiger partial charge in [0.25, 0.3) is 0 Å². The molecule has 6 heteroatoms. The molecule has 16 heavy (non-hydrogen) atoms. The summed E-state index contributed by atoms with van der Waals surface area (Å²) in [7, 11) is 0. The SMILES string of the molecule is Cc1nsc(-c2cc(F)cc(C(=O)O)c2)n1. The Kier molecular flexibility index (Phi) is 2.66. The van der Waals surface area contributed by atoms with Crippen molar-refractivity contribution in [1.82, 2.24) is 9.36 Å². The largest absolute Gasteiger partial charge is 0.478 e. The van der Waals surface area contributed by atoms with Crippen LogP contribution in [0.15, 0.2) is 18.2 Å². The minimum atomic E-state index is -1.16. The van der Waals surface area contributed by atoms with Gasteiger partial charge in [0.1, 0.15) is 16.6 Å². The lowest BCUT2D eigenvalue weighted by Crippen LogP contribution is -1.97. The summed E-state index contributed by atoms with van der Waals surface area (Å²) in [4.78, 5) is 14.8. The lowest BCUT2D eigenvalue weighted by atomic mass is 10.1. The first-order chi connectivity index (χ1) is 7.56. The number of rotatable bonds is 2. The molecule has 0 aliphatic rings. The summed E-state index contributed by atoms with van der Waals surface area (Å²) in [6, 6.07) is 3.59. The molecule has 0 fully saturated rings. The Morgan fingerprint density at radius 1 is 1.44 bits per heavy atom. The summed E-state index contributed by atoms with van der Waals surface area (Å²) in [6.45, 7) is 1.72. The minimum absolute atomic E-state index is 0.0946. The molecule has 1 N–H and O–H groups in total. The fourth-order valence-corrected chi connectivity index (χ4v) is 1.91. The van der Waals surface area contributed by atoms with Gasteiger partial charge in [-0.1, -0.05) is 0 Å². The zero-order valence-electron chi connectivity index (χ0n) is 8.27. The van der Waals surface area contributed by atoms with Crippen LogP contribution in [0.5, 0.6) is 0 Å². The molecule has 0 unspecified atom stereocenters. The van der Waals surface area contributed by atoms with Crippen LogP contribution in [-0.4, -0.2) is 20.4 Å². The van der Waals surface area contributed by atoms with E-state index >= 15 is 0 Å². The van der Waals surface area contributed by atoms with E-state index < -0.39 is 11.8 Å². The number of aromatic carboxylic acids is 1. The van der Waals surface area contributed by atoms with E-state index in [1.165, 1.54) is 12.1 Å². The van der Waals surface area contributed by atoms with Crippen LogP contribution in [0.2, 0.25) is 0 Å². The normalized spacial score (nSPS) is 10.4. The Balaban J connectivity index is 2.53. The molecule has 0 saturated carbocycles. The molecule has 4 nitrogen and oxygen atoms in total. The summed E-state index contributed by atoms with van der Waals surface area (Å²) >= 11 is 1.11. The molecule has 0 bridgehead atoms. The molecule has 1 aromatic heterocycles. The van der Waals surface area contributed by atoms with Gasteiger partial charge < -0.3 is 5.11 Å². The summed E-state index contributed by atoms with van der Waals surface area (Å²) in [5, 5.41) is 9.30. The zero-order chi connectivity index (χ0) is 11.7. The standard InChI is InChI=1S/C10H7FN2O2S/c1-5-12-9(16-13-5)6-2-7(10(14)15)4-8(11)3-6/h2-4H,1H3,(H,14,15). The third-order valence-electron chi connectivity index (χ3n) is 1.92. The maximum Gasteiger partial charge on any atom is 0.335 e. The fraction of sp³-hybridized carbons (Fsp3) is 0.100. The van der Waals surface area contributed by atoms with E-state index in [0.717, 1.165) is 17.6 Å². The summed E-state index contributed by atoms with van der Waals surface area (Å²) in [6.07, 6.45) is 0. The predicted octanol–water partition coefficient (Wildman–Crippen LogP) is 2.35. The molecule has 0 amide bonds. The summed E-state index contributed by atoms with van der Waals surface area (Å²) in [5.74, 6) is -1.18. The molecule has 1 heterocycles. The van der Waals surface area contributed by atoms with Crippen molar-refractivity contribution in [2.45, 2.75) is 6.92 Å². The molecule has 0 aliphatic heterocycles. The van der Waals surface area contributed by atoms with Crippen LogP contribution in [0.1, 0.15) is 16.2 Å². The Morgan fingerprint density at radius 3 is 2.75 bits per heavy atom. The number of carbonyl (C=O) groups is 1. The first-order valence-corrected chi connectivity index (χ1v) is 5.18. The molecular weight excluding hydrogens is 231 g/mol. The van der Waals surface area contributed by atoms with Crippen molar-refractivity contribution in [3.63, 3.8) is 0 Å². The van der Waals surface area contributed by atoms with E-state index in [-0.39, 0.29) is 5.56 Å². The van der Waals surface area contributed by atoms with Crippen molar-refractivity contribution >= 4 is 17.5 Å². The fourth-order valence-electron chi connectivity index (χ4n) is 1.25. The number of halogens is 1. The lowest BCUT2D eigenvalue weighted by molar-refractivity contribution is 0.0696. The second kappa shape index (κ2) is 3.97. The lowest BCUT2D eigenvalue weighted by Gasteiger charge is -1.99. The highest BCUT2D eigenvalue weighted by molar-refractivity contribution is 7.09. The highest BCUT2D eigenvalue weighted by atomic mass is 32.1. The van der Waals surface area contributed by atoms with Gasteiger partial charge in [-0.15, -0.1) is 0 Å². The number of carboxylic acid groups (broad SMARTS) is 1. The first kappa shape index (κ1) is 10.7. The number of carboxylic acids is 1. The monoisotopic (exact) mass is 238 g/mol. The van der Waals surface area contributed by atoms with Crippen LogP contribution < -0.4 is 0 Å². The maximum atomic E-state index is 13.2. The number of benzene rings is 1. The summed E-state index contributed by atoms with van der Waals surface area (Å²) in [5.41, 5.74) is 0.339. The number of hydrogen-bond donors (Lipinski definition) is 1. The predicted molar refractivity (Wildman–Crippen MR) is 57.0 cm³/mol. The van der Waals surface area contributed by atoms with Gasteiger partial charge in [0.05, 0.1) is 5.56 Å². The number of aromatic nitrogens is 2. The quantitative estimate of drug-likeness (QED) is 0.872. The molecule has 0 atom stereocenters. The highest BCUT2D eigenvalue weighted by Crippen LogP contribution is 2.23. The van der Waals surface area contributed by atoms with Gasteiger partial charge >= 0.3 is 5.97 Å². The summed E-state index contributed by atoms with van der Waals surface area (Å²) < 4.78 is 17.1. The Hall–Kier alpha value is -1.82. The molecule has 2 rings (SSSR count). The molecule has 0 saturated heterocycles. The average Bonchev–Trinajstić information content (AvgIpc) is 2.64. The number of aryl methyl sites for hydroxylation is 1. The van der Waals surface area contributed by atoms with Gasteiger partial charge in [-0.05, 0) is 36.7 Å². The molecular formula is C10H7FN2O2S. The molecule has 2 aromatic rings. The van der Waals surface area contributed by atoms with Crippen LogP contribution in [0, 0.1) is 12.7 Å². The van der Waals surface area contributed by atoms with Gasteiger partial charge in [-0.25, -0.2) is 14.2 Å². The van der Waals surface area contributed by atoms with Crippen LogP contribution in [0.25, 0.3) is 10.6 Å². The minimum Gasteiger partial charge on any atom is -0.478 e. The molecule has 0 spiro atoms. The third-order valence-corrected chi connectivity index (χ3v) is 2.77. The Morgan fingerprint density at radius 2 is 2.19 bits per heavy atom. The van der Waals surface area contributed by atoms with Gasteiger partial charge in [0.15, 0.2) is 0 Å². The highest BCUT2D eigenvalue weighted by Gasteiger charge is 2.10. The zero-order valence-corrected chi connectivity index (χ0v) is 9.08. The van der Waals surface area contributed by atoms with E-state index in [1.54, 1.807) is 6.92 Å². The van der Waals surface area contributed by atoms with E-state index in [1.807, 2.05) is 0 Å². The van der Waals surface area contributed by atoms with Crippen molar-refractivity contribution in [3.8, 4) is 10.6 Å². The van der Waals surface area contributed by atoms with Crippen molar-refractivity contribution in [2.75, 3.05) is 0 Å². The first-order valence-electron chi connectivity index (χ1n) is 4.41. The van der Waals surface area contributed by atoms with Crippen molar-refractivity contribution < 1.29 is 14.3 Å². The second-order valence-corrected chi connectivity index (χ2v) is 3.93. The van der Waals surface area contributed by atoms with Gasteiger partial charge in [-0.3, -0.25) is 0 Å². The van der Waals surface area contributed by atoms with Crippen LogP contribution in [-0.2, 0) is 0 Å². The molecule has 82 valence electrons. The Labute approximate surface area is 94.6 Å². The second-order valence-electron chi connectivity index (χ2n) is 3.18. The smallest absolute Gasteiger partial charge is 0.335 e. The Bertz CT molecular complexity index is 554. The molecule has 1 aromatic carbocycles. The van der Waals surface area contributed by atoms with Crippen molar-refractivity contribution in [1.29, 1.82) is 0 Å². The van der Waals surface area contributed by atoms with Crippen molar-refractivity contribution in [2.24, 2.45) is 0 Å². The van der Waals surface area contributed by atoms with E-state index in [2.05, 4.69) is 9.36 Å². The van der Waals surface area contributed by atoms with Gasteiger partial charge in [0, 0.05) is 5.56 Å². The average molecular weight is 238 g/mol. The van der Waals surface area contributed by atoms with Gasteiger partial charge in [0.2, 0.25) is 0 Å². The van der Waals surface area contributed by atoms with Crippen molar-refractivity contribution in [3.05, 3.63) is 35.4 Å². The number of hydrogen-bond acceptors (Lipinski definition) is 4. The van der Waals surface area contributed by atoms with E-state index in [9.17, 15) is 9.18 Å². The maximum absolute atomic E-state index is 13.2.